The molecule has 0 aromatic heterocycles. The number of hydrogen-bond donors (Lipinski definition) is 0. The van der Waals surface area contributed by atoms with E-state index in [0.717, 1.165) is 44.4 Å². The number of morpholine rings is 1. The van der Waals surface area contributed by atoms with Crippen LogP contribution in [-0.4, -0.2) is 43.0 Å². The van der Waals surface area contributed by atoms with Gasteiger partial charge >= 0.3 is 0 Å². The molecule has 3 heteroatoms. The molecular weight excluding hydrogens is 238 g/mol. The van der Waals surface area contributed by atoms with Crippen molar-refractivity contribution in [3.8, 4) is 0 Å². The molecule has 3 atom stereocenters. The van der Waals surface area contributed by atoms with Crippen molar-refractivity contribution in [2.24, 2.45) is 17.8 Å². The molecule has 0 amide bonds. The molecule has 0 N–H and O–H groups in total. The Labute approximate surface area is 116 Å². The van der Waals surface area contributed by atoms with Gasteiger partial charge in [-0.2, -0.15) is 0 Å². The molecular formula is C16H27NO2. The van der Waals surface area contributed by atoms with Crippen LogP contribution in [0.3, 0.4) is 0 Å². The molecule has 3 aliphatic rings. The lowest BCUT2D eigenvalue weighted by atomic mass is 9.80. The van der Waals surface area contributed by atoms with Crippen molar-refractivity contribution in [2.75, 3.05) is 26.2 Å². The summed E-state index contributed by atoms with van der Waals surface area (Å²) in [5.41, 5.74) is 0. The Bertz CT molecular complexity index is 327. The SMILES string of the molecule is C[C@@H]1CCCC[C@H]1CN1CCO[C@H](C(=O)C2CC2)C1. The van der Waals surface area contributed by atoms with Gasteiger partial charge in [0.25, 0.3) is 0 Å². The highest BCUT2D eigenvalue weighted by atomic mass is 16.5. The molecule has 0 radical (unpaired) electrons. The predicted octanol–water partition coefficient (Wildman–Crippen LogP) is 2.49. The Balaban J connectivity index is 1.51. The fraction of sp³-hybridized carbons (Fsp3) is 0.938. The largest absolute Gasteiger partial charge is 0.368 e. The molecule has 108 valence electrons. The number of ketones is 1. The van der Waals surface area contributed by atoms with Crippen molar-refractivity contribution in [3.63, 3.8) is 0 Å². The predicted molar refractivity (Wildman–Crippen MR) is 75.0 cm³/mol. The number of carbonyl (C=O) groups is 1. The average molecular weight is 265 g/mol. The van der Waals surface area contributed by atoms with Crippen LogP contribution in [0.4, 0.5) is 0 Å². The van der Waals surface area contributed by atoms with E-state index in [2.05, 4.69) is 11.8 Å². The normalized spacial score (nSPS) is 37.2. The first-order chi connectivity index (χ1) is 9.24. The van der Waals surface area contributed by atoms with Crippen LogP contribution in [0.25, 0.3) is 0 Å². The third kappa shape index (κ3) is 3.38. The summed E-state index contributed by atoms with van der Waals surface area (Å²) in [6, 6.07) is 0. The highest BCUT2D eigenvalue weighted by Gasteiger charge is 2.38. The molecule has 19 heavy (non-hydrogen) atoms. The van der Waals surface area contributed by atoms with E-state index >= 15 is 0 Å². The Morgan fingerprint density at radius 2 is 2.00 bits per heavy atom. The van der Waals surface area contributed by atoms with Gasteiger partial charge in [-0.15, -0.1) is 0 Å². The fourth-order valence-electron chi connectivity index (χ4n) is 3.67. The number of hydrogen-bond acceptors (Lipinski definition) is 3. The van der Waals surface area contributed by atoms with Crippen LogP contribution >= 0.6 is 0 Å². The summed E-state index contributed by atoms with van der Waals surface area (Å²) in [6.45, 7) is 6.18. The summed E-state index contributed by atoms with van der Waals surface area (Å²) >= 11 is 0. The van der Waals surface area contributed by atoms with Gasteiger partial charge < -0.3 is 4.74 Å². The number of nitrogens with zero attached hydrogens (tertiary/aromatic N) is 1. The highest BCUT2D eigenvalue weighted by molar-refractivity contribution is 5.87. The summed E-state index contributed by atoms with van der Waals surface area (Å²) in [6.07, 6.45) is 7.63. The minimum absolute atomic E-state index is 0.125. The molecule has 0 aromatic carbocycles. The second kappa shape index (κ2) is 5.92. The second-order valence-electron chi connectivity index (χ2n) is 6.82. The molecule has 2 saturated carbocycles. The Kier molecular flexibility index (Phi) is 4.23. The van der Waals surface area contributed by atoms with Gasteiger partial charge in [-0.1, -0.05) is 26.2 Å². The first-order valence-corrected chi connectivity index (χ1v) is 8.11. The van der Waals surface area contributed by atoms with Crippen LogP contribution in [-0.2, 0) is 9.53 Å². The van der Waals surface area contributed by atoms with E-state index in [0.29, 0.717) is 11.7 Å². The van der Waals surface area contributed by atoms with Crippen LogP contribution in [0.2, 0.25) is 0 Å². The summed E-state index contributed by atoms with van der Waals surface area (Å²) in [5, 5.41) is 0. The maximum Gasteiger partial charge on any atom is 0.165 e. The Morgan fingerprint density at radius 1 is 1.21 bits per heavy atom. The highest BCUT2D eigenvalue weighted by Crippen LogP contribution is 2.33. The third-order valence-corrected chi connectivity index (χ3v) is 5.23. The molecule has 0 bridgehead atoms. The zero-order chi connectivity index (χ0) is 13.2. The maximum absolute atomic E-state index is 12.1. The molecule has 3 rings (SSSR count). The molecule has 0 unspecified atom stereocenters. The van der Waals surface area contributed by atoms with Crippen molar-refractivity contribution in [1.82, 2.24) is 4.90 Å². The van der Waals surface area contributed by atoms with Crippen LogP contribution in [0.1, 0.15) is 45.4 Å². The van der Waals surface area contributed by atoms with Gasteiger partial charge in [0.2, 0.25) is 0 Å². The number of rotatable bonds is 4. The second-order valence-corrected chi connectivity index (χ2v) is 6.82. The van der Waals surface area contributed by atoms with Crippen LogP contribution in [0, 0.1) is 17.8 Å². The summed E-state index contributed by atoms with van der Waals surface area (Å²) in [7, 11) is 0. The zero-order valence-electron chi connectivity index (χ0n) is 12.1. The van der Waals surface area contributed by atoms with Gasteiger partial charge in [-0.05, 0) is 31.1 Å². The van der Waals surface area contributed by atoms with E-state index in [1.807, 2.05) is 0 Å². The van der Waals surface area contributed by atoms with Crippen LogP contribution in [0.5, 0.6) is 0 Å². The summed E-state index contributed by atoms with van der Waals surface area (Å²) in [5.74, 6) is 2.40. The van der Waals surface area contributed by atoms with E-state index in [9.17, 15) is 4.79 Å². The standard InChI is InChI=1S/C16H27NO2/c1-12-4-2-3-5-14(12)10-17-8-9-19-15(11-17)16(18)13-6-7-13/h12-15H,2-11H2,1H3/t12-,14+,15+/m1/s1. The minimum Gasteiger partial charge on any atom is -0.368 e. The molecule has 1 heterocycles. The van der Waals surface area contributed by atoms with Gasteiger partial charge in [-0.3, -0.25) is 9.69 Å². The van der Waals surface area contributed by atoms with E-state index in [1.165, 1.54) is 32.2 Å². The molecule has 1 aliphatic heterocycles. The molecule has 3 fully saturated rings. The van der Waals surface area contributed by atoms with Gasteiger partial charge in [-0.25, -0.2) is 0 Å². The van der Waals surface area contributed by atoms with E-state index in [1.54, 1.807) is 0 Å². The molecule has 1 saturated heterocycles. The van der Waals surface area contributed by atoms with Gasteiger partial charge in [0, 0.05) is 25.6 Å². The van der Waals surface area contributed by atoms with Crippen molar-refractivity contribution >= 4 is 5.78 Å². The number of carbonyl (C=O) groups excluding carboxylic acids is 1. The van der Waals surface area contributed by atoms with Crippen molar-refractivity contribution < 1.29 is 9.53 Å². The quantitative estimate of drug-likeness (QED) is 0.782. The minimum atomic E-state index is -0.125. The first-order valence-electron chi connectivity index (χ1n) is 8.11. The first kappa shape index (κ1) is 13.6. The van der Waals surface area contributed by atoms with Gasteiger partial charge in [0.05, 0.1) is 6.61 Å². The van der Waals surface area contributed by atoms with E-state index < -0.39 is 0 Å². The topological polar surface area (TPSA) is 29.5 Å². The number of Topliss-reactive ketones (excluding diaryl/α,β-unsaturated/α-hetero) is 1. The van der Waals surface area contributed by atoms with Crippen molar-refractivity contribution in [1.29, 1.82) is 0 Å². The van der Waals surface area contributed by atoms with Gasteiger partial charge in [0.1, 0.15) is 6.10 Å². The monoisotopic (exact) mass is 265 g/mol. The zero-order valence-corrected chi connectivity index (χ0v) is 12.1. The van der Waals surface area contributed by atoms with Crippen molar-refractivity contribution in [2.45, 2.75) is 51.6 Å². The fourth-order valence-corrected chi connectivity index (χ4v) is 3.67. The van der Waals surface area contributed by atoms with Crippen LogP contribution in [0.15, 0.2) is 0 Å². The average Bonchev–Trinajstić information content (AvgIpc) is 3.25. The van der Waals surface area contributed by atoms with E-state index in [4.69, 9.17) is 4.74 Å². The lowest BCUT2D eigenvalue weighted by Gasteiger charge is -2.37. The molecule has 3 nitrogen and oxygen atoms in total. The molecule has 0 aromatic rings. The molecule has 2 aliphatic carbocycles. The maximum atomic E-state index is 12.1. The summed E-state index contributed by atoms with van der Waals surface area (Å²) < 4.78 is 5.70. The third-order valence-electron chi connectivity index (χ3n) is 5.23. The Morgan fingerprint density at radius 3 is 2.74 bits per heavy atom. The lowest BCUT2D eigenvalue weighted by molar-refractivity contribution is -0.138. The van der Waals surface area contributed by atoms with Gasteiger partial charge in [0.15, 0.2) is 5.78 Å². The van der Waals surface area contributed by atoms with Crippen LogP contribution < -0.4 is 0 Å². The summed E-state index contributed by atoms with van der Waals surface area (Å²) in [4.78, 5) is 14.6. The van der Waals surface area contributed by atoms with E-state index in [-0.39, 0.29) is 6.10 Å². The smallest absolute Gasteiger partial charge is 0.165 e. The Hall–Kier alpha value is -0.410. The lowest BCUT2D eigenvalue weighted by Crippen LogP contribution is -2.48. The van der Waals surface area contributed by atoms with Crippen molar-refractivity contribution in [3.05, 3.63) is 0 Å². The number of ether oxygens (including phenoxy) is 1. The molecule has 0 spiro atoms.